The number of primary amides is 1. The van der Waals surface area contributed by atoms with Crippen molar-refractivity contribution in [1.29, 1.82) is 0 Å². The summed E-state index contributed by atoms with van der Waals surface area (Å²) in [6, 6.07) is 13.6. The molecule has 7 N–H and O–H groups in total. The number of carbonyl (C=O) groups is 1. The van der Waals surface area contributed by atoms with Crippen molar-refractivity contribution in [2.75, 3.05) is 24.7 Å². The van der Waals surface area contributed by atoms with Crippen LogP contribution in [0.1, 0.15) is 72.0 Å². The zero-order valence-corrected chi connectivity index (χ0v) is 46.2. The number of hydrogen-bond donors (Lipinski definition) is 6. The summed E-state index contributed by atoms with van der Waals surface area (Å²) in [6.07, 6.45) is 4.38. The second-order valence-electron chi connectivity index (χ2n) is 16.4. The lowest BCUT2D eigenvalue weighted by Crippen LogP contribution is -2.15. The molecule has 0 aliphatic rings. The third-order valence-corrected chi connectivity index (χ3v) is 14.0. The van der Waals surface area contributed by atoms with Crippen LogP contribution in [0.15, 0.2) is 130 Å². The number of hydrogen-bond acceptors (Lipinski definition) is 21. The number of azo groups is 4. The smallest absolute Gasteiger partial charge is 0.296 e. The van der Waals surface area contributed by atoms with Gasteiger partial charge in [0.05, 0.1) is 69.3 Å². The van der Waals surface area contributed by atoms with Crippen LogP contribution in [0.5, 0.6) is 17.4 Å². The Morgan fingerprint density at radius 3 is 1.61 bits per heavy atom. The zero-order chi connectivity index (χ0) is 58.6. The summed E-state index contributed by atoms with van der Waals surface area (Å²) in [7, 11) is -18.2. The number of fused-ring (bicyclic) bond motifs is 1. The molecule has 0 unspecified atom stereocenters. The number of ether oxygens (including phenoxy) is 2. The van der Waals surface area contributed by atoms with Crippen molar-refractivity contribution in [2.45, 2.75) is 64.2 Å². The standard InChI is InChI=1S/C46H47N11O16S4.C2H6/c1-6-10-38-32(7-2)48-45-42(44(47)58)28(5)43(46(59)57(38)45)56-55-37-22-27(4)35(25-40(37)73-18-9-20-75(63,64)65)53-54-36-21-26(3)34(24-39(36)72-17-8-19-74(60,61)62)52-51-33-16-13-30(23-41(33)77(69,70)71)50-49-29-11-14-31(15-12-29)76(66,67)68;1-2/h6-7,10-16,21-25,59H,2,8-9,17-20H2,1,3-5H3,(H2,47,58)(H,60,61,62)(H,63,64,65)(H,66,67,68)(H,69,70,71);1-2H3/b10-6-,50-49?,52-51?,54-53?,56-55?;. The molecule has 79 heavy (non-hydrogen) atoms. The number of aryl methyl sites for hydroxylation is 2. The Morgan fingerprint density at radius 2 is 1.14 bits per heavy atom. The molecule has 6 rings (SSSR count). The van der Waals surface area contributed by atoms with Gasteiger partial charge in [-0.15, -0.1) is 20.5 Å². The Labute approximate surface area is 454 Å². The molecule has 27 nitrogen and oxygen atoms in total. The van der Waals surface area contributed by atoms with Gasteiger partial charge in [-0.3, -0.25) is 27.4 Å². The highest BCUT2D eigenvalue weighted by Gasteiger charge is 2.25. The maximum absolute atomic E-state index is 12.8. The van der Waals surface area contributed by atoms with Crippen molar-refractivity contribution in [3.8, 4) is 17.4 Å². The van der Waals surface area contributed by atoms with E-state index in [-0.39, 0.29) is 99.8 Å². The Kier molecular flexibility index (Phi) is 20.4. The first kappa shape index (κ1) is 61.8. The SMILES string of the molecule is C=Cc1nc2c(C(N)=O)c(C)c(N=Nc3cc(C)c(N=Nc4cc(C)c(N=Nc5ccc(N=Nc6ccc(S(=O)(=O)O)cc6)cc5S(=O)(=O)O)cc4OCCCS(=O)(=O)O)cc3OCCCS(=O)(=O)O)c(O)n2c1/C=C\C.CC. The zero-order valence-electron chi connectivity index (χ0n) is 42.9. The van der Waals surface area contributed by atoms with Gasteiger partial charge in [0, 0.05) is 12.1 Å². The molecule has 0 bridgehead atoms. The average Bonchev–Trinajstić information content (AvgIpc) is 3.92. The van der Waals surface area contributed by atoms with Crippen molar-refractivity contribution < 1.29 is 71.3 Å². The van der Waals surface area contributed by atoms with E-state index in [0.29, 0.717) is 22.5 Å². The van der Waals surface area contributed by atoms with Crippen LogP contribution in [0.3, 0.4) is 0 Å². The molecule has 2 aromatic heterocycles. The van der Waals surface area contributed by atoms with Crippen LogP contribution < -0.4 is 15.2 Å². The van der Waals surface area contributed by atoms with E-state index in [1.54, 1.807) is 32.9 Å². The molecule has 0 fully saturated rings. The Bertz CT molecular complexity index is 3940. The number of aromatic nitrogens is 2. The molecule has 0 saturated carbocycles. The number of aromatic hydroxyl groups is 1. The van der Waals surface area contributed by atoms with Crippen LogP contribution in [0.4, 0.5) is 45.5 Å². The summed E-state index contributed by atoms with van der Waals surface area (Å²) in [5, 5.41) is 45.0. The van der Waals surface area contributed by atoms with E-state index in [1.165, 1.54) is 65.9 Å². The van der Waals surface area contributed by atoms with Crippen LogP contribution in [-0.2, 0) is 40.5 Å². The van der Waals surface area contributed by atoms with E-state index in [1.807, 2.05) is 13.8 Å². The minimum Gasteiger partial charge on any atom is -0.493 e. The van der Waals surface area contributed by atoms with Gasteiger partial charge in [-0.1, -0.05) is 26.5 Å². The molecule has 31 heteroatoms. The molecule has 1 amide bonds. The lowest BCUT2D eigenvalue weighted by Gasteiger charge is -2.13. The molecule has 0 spiro atoms. The van der Waals surface area contributed by atoms with Crippen LogP contribution in [0.2, 0.25) is 0 Å². The number of rotatable bonds is 23. The lowest BCUT2D eigenvalue weighted by molar-refractivity contribution is 0.100. The van der Waals surface area contributed by atoms with Crippen molar-refractivity contribution in [3.63, 3.8) is 0 Å². The molecule has 0 atom stereocenters. The third kappa shape index (κ3) is 16.5. The Balaban J connectivity index is 0.00000567. The number of allylic oxidation sites excluding steroid dienone is 1. The highest BCUT2D eigenvalue weighted by atomic mass is 32.2. The summed E-state index contributed by atoms with van der Waals surface area (Å²) in [6.45, 7) is 13.6. The molecule has 2 heterocycles. The number of imidazole rings is 1. The lowest BCUT2D eigenvalue weighted by atomic mass is 10.1. The van der Waals surface area contributed by atoms with Gasteiger partial charge in [-0.2, -0.15) is 54.1 Å². The van der Waals surface area contributed by atoms with Gasteiger partial charge in [-0.05, 0) is 124 Å². The second kappa shape index (κ2) is 26.1. The predicted octanol–water partition coefficient (Wildman–Crippen LogP) is 11.2. The number of benzene rings is 4. The molecule has 0 aliphatic carbocycles. The van der Waals surface area contributed by atoms with Gasteiger partial charge in [0.15, 0.2) is 5.65 Å². The minimum atomic E-state index is -4.97. The fraction of sp³-hybridized carbons (Fsp3) is 0.250. The van der Waals surface area contributed by atoms with Crippen LogP contribution >= 0.6 is 0 Å². The van der Waals surface area contributed by atoms with E-state index < -0.39 is 73.6 Å². The maximum atomic E-state index is 12.8. The van der Waals surface area contributed by atoms with Gasteiger partial charge >= 0.3 is 0 Å². The van der Waals surface area contributed by atoms with Crippen molar-refractivity contribution in [2.24, 2.45) is 46.6 Å². The monoisotopic (exact) mass is 1170 g/mol. The fourth-order valence-corrected chi connectivity index (χ4v) is 9.11. The van der Waals surface area contributed by atoms with E-state index >= 15 is 0 Å². The largest absolute Gasteiger partial charge is 0.493 e. The highest BCUT2D eigenvalue weighted by molar-refractivity contribution is 7.86. The first-order chi connectivity index (χ1) is 37.1. The third-order valence-electron chi connectivity index (χ3n) is 10.7. The minimum absolute atomic E-state index is 0.0230. The summed E-state index contributed by atoms with van der Waals surface area (Å²) in [4.78, 5) is 16.1. The number of pyridine rings is 1. The number of nitrogens with zero attached hydrogens (tertiary/aromatic N) is 10. The molecule has 0 aliphatic heterocycles. The first-order valence-corrected chi connectivity index (χ1v) is 29.3. The topological polar surface area (TPSA) is 415 Å². The van der Waals surface area contributed by atoms with E-state index in [9.17, 15) is 61.8 Å². The summed E-state index contributed by atoms with van der Waals surface area (Å²) in [5.41, 5.74) is 7.13. The number of carbonyl (C=O) groups excluding carboxylic acids is 1. The van der Waals surface area contributed by atoms with Crippen LogP contribution in [0.25, 0.3) is 17.8 Å². The van der Waals surface area contributed by atoms with Crippen LogP contribution in [0, 0.1) is 20.8 Å². The Hall–Kier alpha value is -8.04. The van der Waals surface area contributed by atoms with Gasteiger partial charge in [0.1, 0.15) is 39.1 Å². The van der Waals surface area contributed by atoms with E-state index in [2.05, 4.69) is 52.5 Å². The fourth-order valence-electron chi connectivity index (χ4n) is 7.02. The summed E-state index contributed by atoms with van der Waals surface area (Å²) < 4.78 is 145. The van der Waals surface area contributed by atoms with Gasteiger partial charge in [0.2, 0.25) is 5.88 Å². The first-order valence-electron chi connectivity index (χ1n) is 23.2. The maximum Gasteiger partial charge on any atom is 0.296 e. The molecular formula is C48H53N11O16S4. The number of nitrogens with two attached hydrogens (primary N) is 1. The molecule has 4 aromatic carbocycles. The molecular weight excluding hydrogens is 1110 g/mol. The van der Waals surface area contributed by atoms with Gasteiger partial charge in [0.25, 0.3) is 46.4 Å². The molecule has 0 radical (unpaired) electrons. The number of amides is 1. The van der Waals surface area contributed by atoms with Crippen molar-refractivity contribution >= 4 is 110 Å². The quantitative estimate of drug-likeness (QED) is 0.0197. The summed E-state index contributed by atoms with van der Waals surface area (Å²) in [5.74, 6) is -2.74. The normalized spacial score (nSPS) is 12.6. The highest BCUT2D eigenvalue weighted by Crippen LogP contribution is 2.43. The molecule has 6 aromatic rings. The summed E-state index contributed by atoms with van der Waals surface area (Å²) >= 11 is 0. The molecule has 420 valence electrons. The van der Waals surface area contributed by atoms with Crippen molar-refractivity contribution in [3.05, 3.63) is 113 Å². The Morgan fingerprint density at radius 1 is 0.658 bits per heavy atom. The average molecular weight is 1170 g/mol. The van der Waals surface area contributed by atoms with Crippen LogP contribution in [-0.4, -0.2) is 97.0 Å². The van der Waals surface area contributed by atoms with Gasteiger partial charge < -0.3 is 20.3 Å². The predicted molar refractivity (Wildman–Crippen MR) is 291 cm³/mol. The van der Waals surface area contributed by atoms with Crippen molar-refractivity contribution in [1.82, 2.24) is 9.38 Å². The second-order valence-corrected chi connectivity index (χ2v) is 22.3. The molecule has 0 saturated heterocycles. The van der Waals surface area contributed by atoms with Gasteiger partial charge in [-0.25, -0.2) is 4.98 Å². The van der Waals surface area contributed by atoms with E-state index in [0.717, 1.165) is 18.2 Å². The van der Waals surface area contributed by atoms with E-state index in [4.69, 9.17) is 15.2 Å².